The van der Waals surface area contributed by atoms with Crippen LogP contribution in [0.25, 0.3) is 22.0 Å². The maximum atomic E-state index is 5.51. The third-order valence-corrected chi connectivity index (χ3v) is 6.65. The van der Waals surface area contributed by atoms with Gasteiger partial charge in [-0.15, -0.1) is 0 Å². The summed E-state index contributed by atoms with van der Waals surface area (Å²) in [4.78, 5) is 11.7. The van der Waals surface area contributed by atoms with E-state index in [0.717, 1.165) is 65.5 Å². The monoisotopic (exact) mass is 406 g/mol. The molecule has 0 radical (unpaired) electrons. The van der Waals surface area contributed by atoms with Crippen LogP contribution in [0.4, 0.5) is 5.82 Å². The Kier molecular flexibility index (Phi) is 5.39. The number of aromatic nitrogens is 4. The maximum absolute atomic E-state index is 5.51. The van der Waals surface area contributed by atoms with E-state index in [9.17, 15) is 0 Å². The molecule has 2 N–H and O–H groups in total. The molecule has 0 unspecified atom stereocenters. The Morgan fingerprint density at radius 3 is 2.60 bits per heavy atom. The first-order valence-corrected chi connectivity index (χ1v) is 11.0. The molecule has 5 rings (SSSR count). The van der Waals surface area contributed by atoms with Crippen molar-refractivity contribution in [2.75, 3.05) is 31.6 Å². The zero-order valence-corrected chi connectivity index (χ0v) is 17.8. The van der Waals surface area contributed by atoms with Gasteiger partial charge in [-0.2, -0.15) is 5.10 Å². The van der Waals surface area contributed by atoms with Gasteiger partial charge >= 0.3 is 0 Å². The molecule has 0 atom stereocenters. The van der Waals surface area contributed by atoms with Gasteiger partial charge < -0.3 is 10.1 Å². The molecule has 7 heteroatoms. The molecule has 158 valence electrons. The van der Waals surface area contributed by atoms with Crippen molar-refractivity contribution >= 4 is 16.7 Å². The van der Waals surface area contributed by atoms with E-state index in [2.05, 4.69) is 55.5 Å². The van der Waals surface area contributed by atoms with E-state index in [-0.39, 0.29) is 0 Å². The van der Waals surface area contributed by atoms with Gasteiger partial charge in [0.1, 0.15) is 12.1 Å². The van der Waals surface area contributed by atoms with Crippen LogP contribution < -0.4 is 5.32 Å². The van der Waals surface area contributed by atoms with Crippen LogP contribution in [-0.2, 0) is 4.74 Å². The van der Waals surface area contributed by atoms with Crippen LogP contribution in [0.5, 0.6) is 0 Å². The molecule has 1 aliphatic heterocycles. The molecule has 1 aromatic carbocycles. The lowest BCUT2D eigenvalue weighted by Gasteiger charge is -2.39. The van der Waals surface area contributed by atoms with Gasteiger partial charge in [0.2, 0.25) is 0 Å². The Hall–Kier alpha value is -2.51. The Morgan fingerprint density at radius 1 is 1.07 bits per heavy atom. The topological polar surface area (TPSA) is 79.0 Å². The number of fused-ring (bicyclic) bond motifs is 1. The second-order valence-corrected chi connectivity index (χ2v) is 8.56. The van der Waals surface area contributed by atoms with Gasteiger partial charge in [-0.05, 0) is 57.2 Å². The smallest absolute Gasteiger partial charge is 0.137 e. The van der Waals surface area contributed by atoms with Crippen LogP contribution in [0.3, 0.4) is 0 Å². The van der Waals surface area contributed by atoms with Crippen molar-refractivity contribution in [1.29, 1.82) is 0 Å². The Labute approximate surface area is 177 Å². The molecule has 1 saturated heterocycles. The summed E-state index contributed by atoms with van der Waals surface area (Å²) in [5.74, 6) is 0.940. The number of hydrogen-bond donors (Lipinski definition) is 2. The summed E-state index contributed by atoms with van der Waals surface area (Å²) < 4.78 is 5.51. The fraction of sp³-hybridized carbons (Fsp3) is 0.522. The molecule has 2 aromatic heterocycles. The molecule has 0 spiro atoms. The number of benzene rings is 1. The minimum atomic E-state index is 0.460. The number of anilines is 1. The summed E-state index contributed by atoms with van der Waals surface area (Å²) in [7, 11) is 0. The van der Waals surface area contributed by atoms with E-state index in [1.165, 1.54) is 25.7 Å². The molecule has 0 bridgehead atoms. The normalized spacial score (nSPS) is 23.0. The van der Waals surface area contributed by atoms with Crippen molar-refractivity contribution in [3.8, 4) is 11.1 Å². The number of nitrogens with one attached hydrogen (secondary N) is 2. The molecule has 2 aliphatic rings. The molecule has 1 aliphatic carbocycles. The second-order valence-electron chi connectivity index (χ2n) is 8.56. The number of aromatic amines is 1. The van der Waals surface area contributed by atoms with Crippen molar-refractivity contribution in [2.45, 2.75) is 51.6 Å². The number of morpholine rings is 1. The van der Waals surface area contributed by atoms with Crippen molar-refractivity contribution in [2.24, 2.45) is 0 Å². The SMILES string of the molecule is Cc1n[nH]c(C)c1-c1ccc2ncnc(NC3CCC(N4CCOCC4)CC3)c2c1. The van der Waals surface area contributed by atoms with Crippen LogP contribution in [0, 0.1) is 13.8 Å². The Morgan fingerprint density at radius 2 is 1.87 bits per heavy atom. The zero-order chi connectivity index (χ0) is 20.5. The number of aryl methyl sites for hydroxylation is 2. The fourth-order valence-corrected chi connectivity index (χ4v) is 5.02. The van der Waals surface area contributed by atoms with Crippen LogP contribution in [0.2, 0.25) is 0 Å². The Balaban J connectivity index is 1.34. The lowest BCUT2D eigenvalue weighted by Crippen LogP contribution is -2.46. The van der Waals surface area contributed by atoms with E-state index in [1.54, 1.807) is 6.33 Å². The average Bonchev–Trinajstić information content (AvgIpc) is 3.13. The third-order valence-electron chi connectivity index (χ3n) is 6.65. The number of ether oxygens (including phenoxy) is 1. The highest BCUT2D eigenvalue weighted by molar-refractivity contribution is 5.93. The van der Waals surface area contributed by atoms with Gasteiger partial charge in [0.25, 0.3) is 0 Å². The highest BCUT2D eigenvalue weighted by Gasteiger charge is 2.27. The van der Waals surface area contributed by atoms with E-state index in [1.807, 2.05) is 6.92 Å². The quantitative estimate of drug-likeness (QED) is 0.688. The fourth-order valence-electron chi connectivity index (χ4n) is 5.02. The maximum Gasteiger partial charge on any atom is 0.137 e. The third kappa shape index (κ3) is 3.79. The number of H-pyrrole nitrogens is 1. The second kappa shape index (κ2) is 8.32. The predicted molar refractivity (Wildman–Crippen MR) is 119 cm³/mol. The van der Waals surface area contributed by atoms with Crippen LogP contribution >= 0.6 is 0 Å². The average molecular weight is 407 g/mol. The standard InChI is InChI=1S/C23H30N6O/c1-15-22(16(2)28-27-15)17-3-8-21-20(13-17)23(25-14-24-21)26-18-4-6-19(7-5-18)29-9-11-30-12-10-29/h3,8,13-14,18-19H,4-7,9-12H2,1-2H3,(H,27,28)(H,24,25,26). The highest BCUT2D eigenvalue weighted by Crippen LogP contribution is 2.32. The number of hydrogen-bond acceptors (Lipinski definition) is 6. The molecular weight excluding hydrogens is 376 g/mol. The minimum Gasteiger partial charge on any atom is -0.379 e. The summed E-state index contributed by atoms with van der Waals surface area (Å²) in [6.07, 6.45) is 6.48. The minimum absolute atomic E-state index is 0.460. The predicted octanol–water partition coefficient (Wildman–Crippen LogP) is 3.69. The summed E-state index contributed by atoms with van der Waals surface area (Å²) in [6, 6.07) is 7.56. The van der Waals surface area contributed by atoms with Gasteiger partial charge in [0.15, 0.2) is 0 Å². The van der Waals surface area contributed by atoms with Gasteiger partial charge in [0.05, 0.1) is 24.4 Å². The molecule has 2 fully saturated rings. The first-order valence-electron chi connectivity index (χ1n) is 11.0. The molecule has 7 nitrogen and oxygen atoms in total. The van der Waals surface area contributed by atoms with Crippen LogP contribution in [0.15, 0.2) is 24.5 Å². The summed E-state index contributed by atoms with van der Waals surface area (Å²) in [5, 5.41) is 12.2. The van der Waals surface area contributed by atoms with Crippen molar-refractivity contribution in [3.05, 3.63) is 35.9 Å². The van der Waals surface area contributed by atoms with Crippen LogP contribution in [-0.4, -0.2) is 63.5 Å². The first-order chi connectivity index (χ1) is 14.7. The van der Waals surface area contributed by atoms with Gasteiger partial charge in [-0.1, -0.05) is 6.07 Å². The van der Waals surface area contributed by atoms with E-state index >= 15 is 0 Å². The lowest BCUT2D eigenvalue weighted by molar-refractivity contribution is 0.00791. The Bertz CT molecular complexity index is 998. The van der Waals surface area contributed by atoms with E-state index in [0.29, 0.717) is 12.1 Å². The van der Waals surface area contributed by atoms with Gasteiger partial charge in [-0.25, -0.2) is 9.97 Å². The summed E-state index contributed by atoms with van der Waals surface area (Å²) in [5.41, 5.74) is 5.38. The molecule has 3 heterocycles. The molecular formula is C23H30N6O. The number of nitrogens with zero attached hydrogens (tertiary/aromatic N) is 4. The summed E-state index contributed by atoms with van der Waals surface area (Å²) >= 11 is 0. The van der Waals surface area contributed by atoms with Crippen molar-refractivity contribution in [1.82, 2.24) is 25.1 Å². The van der Waals surface area contributed by atoms with Gasteiger partial charge in [0, 0.05) is 41.8 Å². The molecule has 0 amide bonds. The van der Waals surface area contributed by atoms with Crippen LogP contribution in [0.1, 0.15) is 37.1 Å². The first kappa shape index (κ1) is 19.5. The van der Waals surface area contributed by atoms with Crippen molar-refractivity contribution in [3.63, 3.8) is 0 Å². The molecule has 3 aromatic rings. The van der Waals surface area contributed by atoms with E-state index < -0.39 is 0 Å². The number of rotatable bonds is 4. The molecule has 1 saturated carbocycles. The largest absolute Gasteiger partial charge is 0.379 e. The highest BCUT2D eigenvalue weighted by atomic mass is 16.5. The van der Waals surface area contributed by atoms with E-state index in [4.69, 9.17) is 4.74 Å². The lowest BCUT2D eigenvalue weighted by atomic mass is 9.90. The zero-order valence-electron chi connectivity index (χ0n) is 17.8. The van der Waals surface area contributed by atoms with Gasteiger partial charge in [-0.3, -0.25) is 10.00 Å². The summed E-state index contributed by atoms with van der Waals surface area (Å²) in [6.45, 7) is 8.01. The molecule has 30 heavy (non-hydrogen) atoms. The van der Waals surface area contributed by atoms with Crippen molar-refractivity contribution < 1.29 is 4.74 Å².